The Morgan fingerprint density at radius 1 is 0.727 bits per heavy atom. The van der Waals surface area contributed by atoms with E-state index in [4.69, 9.17) is 0 Å². The Morgan fingerprint density at radius 3 is 2.45 bits per heavy atom. The van der Waals surface area contributed by atoms with E-state index in [0.717, 1.165) is 0 Å². The van der Waals surface area contributed by atoms with Crippen molar-refractivity contribution >= 4 is 57.1 Å². The average molecular weight is 484 g/mol. The van der Waals surface area contributed by atoms with E-state index in [1.54, 1.807) is 0 Å². The van der Waals surface area contributed by atoms with Gasteiger partial charge in [-0.2, -0.15) is 0 Å². The van der Waals surface area contributed by atoms with Crippen molar-refractivity contribution < 1.29 is 0 Å². The summed E-state index contributed by atoms with van der Waals surface area (Å²) in [6, 6.07) is 31.2. The zero-order valence-electron chi connectivity index (χ0n) is 18.6. The number of unbranched alkanes of at least 4 members (excludes halogenated alkanes) is 2. The molecule has 0 bridgehead atoms. The lowest BCUT2D eigenvalue weighted by molar-refractivity contribution is 0.778. The molecule has 0 spiro atoms. The summed E-state index contributed by atoms with van der Waals surface area (Å²) in [6.07, 6.45) is 3.84. The van der Waals surface area contributed by atoms with Crippen LogP contribution in [0, 0.1) is 0 Å². The standard InChI is InChI=1S/C29H25NS3/c1-2-3-9-17-31-26-16-10-13-22-23-18-21(32-20-11-5-4-6-12-20)19-27-29(23)30(28(22)26)24-14-7-8-15-25(24)33-27/h4-8,10-16,18-19H,2-3,9,17H2,1H3. The van der Waals surface area contributed by atoms with Crippen LogP contribution in [0.4, 0.5) is 0 Å². The summed E-state index contributed by atoms with van der Waals surface area (Å²) < 4.78 is 2.53. The first-order valence-corrected chi connectivity index (χ1v) is 14.2. The van der Waals surface area contributed by atoms with E-state index in [0.29, 0.717) is 0 Å². The zero-order valence-corrected chi connectivity index (χ0v) is 21.0. The quantitative estimate of drug-likeness (QED) is 0.165. The Bertz CT molecular complexity index is 1450. The molecule has 0 unspecified atom stereocenters. The smallest absolute Gasteiger partial charge is 0.0682 e. The predicted molar refractivity (Wildman–Crippen MR) is 146 cm³/mol. The number of aromatic nitrogens is 1. The van der Waals surface area contributed by atoms with E-state index in [9.17, 15) is 0 Å². The number of thioether (sulfide) groups is 1. The highest BCUT2D eigenvalue weighted by Crippen LogP contribution is 2.50. The van der Waals surface area contributed by atoms with Crippen LogP contribution < -0.4 is 0 Å². The minimum absolute atomic E-state index is 1.17. The third-order valence-electron chi connectivity index (χ3n) is 6.10. The molecular formula is C29H25NS3. The van der Waals surface area contributed by atoms with Crippen molar-refractivity contribution in [2.45, 2.75) is 50.7 Å². The second-order valence-electron chi connectivity index (χ2n) is 8.35. The van der Waals surface area contributed by atoms with Gasteiger partial charge in [-0.05, 0) is 54.6 Å². The molecule has 6 rings (SSSR count). The molecule has 0 saturated heterocycles. The van der Waals surface area contributed by atoms with Gasteiger partial charge in [0, 0.05) is 35.2 Å². The van der Waals surface area contributed by atoms with Crippen LogP contribution in [-0.4, -0.2) is 10.3 Å². The molecule has 4 aromatic carbocycles. The van der Waals surface area contributed by atoms with E-state index in [1.165, 1.54) is 77.0 Å². The van der Waals surface area contributed by atoms with Gasteiger partial charge in [-0.15, -0.1) is 11.8 Å². The van der Waals surface area contributed by atoms with Gasteiger partial charge in [0.15, 0.2) is 0 Å². The number of benzene rings is 4. The van der Waals surface area contributed by atoms with Crippen molar-refractivity contribution in [3.05, 3.63) is 84.9 Å². The molecular weight excluding hydrogens is 459 g/mol. The molecule has 0 atom stereocenters. The lowest BCUT2D eigenvalue weighted by Crippen LogP contribution is -2.02. The number of hydrogen-bond acceptors (Lipinski definition) is 3. The van der Waals surface area contributed by atoms with Crippen LogP contribution in [0.5, 0.6) is 0 Å². The second kappa shape index (κ2) is 9.17. The van der Waals surface area contributed by atoms with Crippen molar-refractivity contribution in [1.82, 2.24) is 4.57 Å². The summed E-state index contributed by atoms with van der Waals surface area (Å²) in [5, 5.41) is 2.72. The monoisotopic (exact) mass is 483 g/mol. The molecule has 0 saturated carbocycles. The summed E-state index contributed by atoms with van der Waals surface area (Å²) in [4.78, 5) is 6.65. The van der Waals surface area contributed by atoms with Crippen LogP contribution in [0.3, 0.4) is 0 Å². The Morgan fingerprint density at radius 2 is 1.58 bits per heavy atom. The molecule has 33 heavy (non-hydrogen) atoms. The molecule has 0 radical (unpaired) electrons. The van der Waals surface area contributed by atoms with Crippen LogP contribution >= 0.6 is 35.3 Å². The summed E-state index contributed by atoms with van der Waals surface area (Å²) in [7, 11) is 0. The highest BCUT2D eigenvalue weighted by molar-refractivity contribution is 8.00. The first kappa shape index (κ1) is 21.3. The summed E-state index contributed by atoms with van der Waals surface area (Å²) in [5.74, 6) is 1.17. The maximum absolute atomic E-state index is 2.53. The van der Waals surface area contributed by atoms with Crippen LogP contribution in [0.1, 0.15) is 26.2 Å². The van der Waals surface area contributed by atoms with E-state index in [-0.39, 0.29) is 0 Å². The van der Waals surface area contributed by atoms with Crippen LogP contribution in [0.2, 0.25) is 0 Å². The van der Waals surface area contributed by atoms with Gasteiger partial charge < -0.3 is 4.57 Å². The van der Waals surface area contributed by atoms with Gasteiger partial charge in [0.05, 0.1) is 16.7 Å². The molecule has 1 aliphatic heterocycles. The second-order valence-corrected chi connectivity index (χ2v) is 11.7. The van der Waals surface area contributed by atoms with Gasteiger partial charge in [-0.1, -0.05) is 85.8 Å². The topological polar surface area (TPSA) is 4.93 Å². The first-order valence-electron chi connectivity index (χ1n) is 11.6. The third-order valence-corrected chi connectivity index (χ3v) is 9.30. The van der Waals surface area contributed by atoms with Crippen molar-refractivity contribution in [1.29, 1.82) is 0 Å². The molecule has 1 aliphatic rings. The molecule has 0 fully saturated rings. The van der Waals surface area contributed by atoms with Gasteiger partial charge in [0.1, 0.15) is 0 Å². The van der Waals surface area contributed by atoms with Crippen molar-refractivity contribution in [2.75, 3.05) is 5.75 Å². The molecule has 1 nitrogen and oxygen atoms in total. The third kappa shape index (κ3) is 3.88. The Kier molecular flexibility index (Phi) is 5.91. The molecule has 1 aromatic heterocycles. The SMILES string of the molecule is CCCCCSc1cccc2c3cc(Sc4ccccc4)cc4c3n(c12)-c1ccccc1S4. The van der Waals surface area contributed by atoms with Gasteiger partial charge >= 0.3 is 0 Å². The van der Waals surface area contributed by atoms with Crippen LogP contribution in [0.15, 0.2) is 109 Å². The number of nitrogens with zero attached hydrogens (tertiary/aromatic N) is 1. The van der Waals surface area contributed by atoms with Crippen molar-refractivity contribution in [3.63, 3.8) is 0 Å². The maximum Gasteiger partial charge on any atom is 0.0682 e. The number of rotatable bonds is 7. The summed E-state index contributed by atoms with van der Waals surface area (Å²) in [6.45, 7) is 2.27. The maximum atomic E-state index is 2.53. The lowest BCUT2D eigenvalue weighted by Gasteiger charge is -2.21. The van der Waals surface area contributed by atoms with Crippen molar-refractivity contribution in [2.24, 2.45) is 0 Å². The fourth-order valence-corrected chi connectivity index (χ4v) is 7.81. The number of fused-ring (bicyclic) bond motifs is 5. The van der Waals surface area contributed by atoms with Gasteiger partial charge in [-0.25, -0.2) is 0 Å². The predicted octanol–water partition coefficient (Wildman–Crippen LogP) is 9.68. The molecule has 0 aliphatic carbocycles. The summed E-state index contributed by atoms with van der Waals surface area (Å²) in [5.41, 5.74) is 4.03. The minimum atomic E-state index is 1.17. The minimum Gasteiger partial charge on any atom is -0.306 e. The molecule has 2 heterocycles. The van der Waals surface area contributed by atoms with Gasteiger partial charge in [0.2, 0.25) is 0 Å². The van der Waals surface area contributed by atoms with E-state index >= 15 is 0 Å². The lowest BCUT2D eigenvalue weighted by atomic mass is 10.1. The fourth-order valence-electron chi connectivity index (χ4n) is 4.60. The molecule has 5 aromatic rings. The Hall–Kier alpha value is -2.27. The summed E-state index contributed by atoms with van der Waals surface area (Å²) >= 11 is 5.77. The van der Waals surface area contributed by atoms with Crippen molar-refractivity contribution in [3.8, 4) is 5.69 Å². The highest BCUT2D eigenvalue weighted by atomic mass is 32.2. The fraction of sp³-hybridized carbons (Fsp3) is 0.172. The Labute approximate surface area is 208 Å². The van der Waals surface area contributed by atoms with E-state index < -0.39 is 0 Å². The number of para-hydroxylation sites is 2. The molecule has 164 valence electrons. The highest BCUT2D eigenvalue weighted by Gasteiger charge is 2.25. The van der Waals surface area contributed by atoms with Gasteiger partial charge in [-0.3, -0.25) is 0 Å². The molecule has 0 amide bonds. The van der Waals surface area contributed by atoms with Crippen LogP contribution in [0.25, 0.3) is 27.5 Å². The Balaban J connectivity index is 1.57. The average Bonchev–Trinajstić information content (AvgIpc) is 3.19. The first-order chi connectivity index (χ1) is 16.3. The van der Waals surface area contributed by atoms with E-state index in [1.807, 2.05) is 35.3 Å². The zero-order chi connectivity index (χ0) is 22.2. The van der Waals surface area contributed by atoms with Gasteiger partial charge in [0.25, 0.3) is 0 Å². The normalized spacial score (nSPS) is 12.4. The molecule has 4 heteroatoms. The number of hydrogen-bond donors (Lipinski definition) is 0. The molecule has 0 N–H and O–H groups in total. The van der Waals surface area contributed by atoms with Crippen LogP contribution in [-0.2, 0) is 0 Å². The largest absolute Gasteiger partial charge is 0.306 e. The van der Waals surface area contributed by atoms with E-state index in [2.05, 4.69) is 96.4 Å².